The maximum atomic E-state index is 11.2. The third kappa shape index (κ3) is 1.98. The number of benzene rings is 1. The first-order valence-electron chi connectivity index (χ1n) is 4.58. The van der Waals surface area contributed by atoms with Gasteiger partial charge in [-0.1, -0.05) is 24.3 Å². The van der Waals surface area contributed by atoms with Gasteiger partial charge < -0.3 is 5.32 Å². The van der Waals surface area contributed by atoms with Crippen molar-refractivity contribution in [3.05, 3.63) is 41.1 Å². The van der Waals surface area contributed by atoms with Gasteiger partial charge >= 0.3 is 6.03 Å². The van der Waals surface area contributed by atoms with Crippen LogP contribution in [0.1, 0.15) is 15.9 Å². The second-order valence-electron chi connectivity index (χ2n) is 3.25. The number of rotatable bonds is 2. The summed E-state index contributed by atoms with van der Waals surface area (Å²) in [7, 11) is 0. The number of amides is 3. The summed E-state index contributed by atoms with van der Waals surface area (Å²) < 4.78 is 0. The van der Waals surface area contributed by atoms with Crippen LogP contribution in [0.2, 0.25) is 0 Å². The fraction of sp³-hybridized carbons (Fsp3) is 0. The Bertz CT molecular complexity index is 488. The second-order valence-corrected chi connectivity index (χ2v) is 3.25. The Hall–Kier alpha value is -2.43. The van der Waals surface area contributed by atoms with Gasteiger partial charge in [-0.3, -0.25) is 14.9 Å². The summed E-state index contributed by atoms with van der Waals surface area (Å²) in [6, 6.07) is 6.12. The Morgan fingerprint density at radius 2 is 1.56 bits per heavy atom. The molecule has 0 radical (unpaired) electrons. The SMILES string of the molecule is O=Cc1ccc(/C=C2/NC(=O)NC2=O)cc1. The van der Waals surface area contributed by atoms with E-state index in [0.29, 0.717) is 5.56 Å². The van der Waals surface area contributed by atoms with Crippen LogP contribution in [0.4, 0.5) is 4.79 Å². The van der Waals surface area contributed by atoms with Gasteiger partial charge in [0, 0.05) is 5.56 Å². The van der Waals surface area contributed by atoms with E-state index in [1.165, 1.54) is 6.08 Å². The summed E-state index contributed by atoms with van der Waals surface area (Å²) >= 11 is 0. The number of carbonyl (C=O) groups is 3. The van der Waals surface area contributed by atoms with Crippen molar-refractivity contribution in [1.82, 2.24) is 10.6 Å². The van der Waals surface area contributed by atoms with Crippen LogP contribution in [0.3, 0.4) is 0 Å². The molecular weight excluding hydrogens is 208 g/mol. The van der Waals surface area contributed by atoms with E-state index in [1.807, 2.05) is 0 Å². The molecule has 5 heteroatoms. The molecule has 0 bridgehead atoms. The van der Waals surface area contributed by atoms with E-state index >= 15 is 0 Å². The molecule has 5 nitrogen and oxygen atoms in total. The van der Waals surface area contributed by atoms with Crippen molar-refractivity contribution in [3.63, 3.8) is 0 Å². The van der Waals surface area contributed by atoms with Crippen molar-refractivity contribution in [2.45, 2.75) is 0 Å². The van der Waals surface area contributed by atoms with Crippen LogP contribution < -0.4 is 10.6 Å². The highest BCUT2D eigenvalue weighted by atomic mass is 16.2. The number of imide groups is 1. The van der Waals surface area contributed by atoms with Gasteiger partial charge in [-0.15, -0.1) is 0 Å². The molecule has 2 N–H and O–H groups in total. The van der Waals surface area contributed by atoms with Crippen molar-refractivity contribution in [3.8, 4) is 0 Å². The van der Waals surface area contributed by atoms with E-state index in [4.69, 9.17) is 0 Å². The number of urea groups is 1. The number of hydrogen-bond donors (Lipinski definition) is 2. The zero-order valence-corrected chi connectivity index (χ0v) is 8.19. The average molecular weight is 216 g/mol. The molecule has 1 heterocycles. The summed E-state index contributed by atoms with van der Waals surface area (Å²) in [5.41, 5.74) is 1.49. The van der Waals surface area contributed by atoms with Gasteiger partial charge in [-0.25, -0.2) is 4.79 Å². The standard InChI is InChI=1S/C11H8N2O3/c14-6-8-3-1-7(2-4-8)5-9-10(15)13-11(16)12-9/h1-6H,(H2,12,13,15,16)/b9-5+. The van der Waals surface area contributed by atoms with Crippen molar-refractivity contribution < 1.29 is 14.4 Å². The van der Waals surface area contributed by atoms with E-state index in [0.717, 1.165) is 11.8 Å². The van der Waals surface area contributed by atoms with Gasteiger partial charge in [0.05, 0.1) is 0 Å². The van der Waals surface area contributed by atoms with E-state index in [1.54, 1.807) is 24.3 Å². The van der Waals surface area contributed by atoms with E-state index in [2.05, 4.69) is 10.6 Å². The molecule has 1 saturated heterocycles. The molecule has 80 valence electrons. The van der Waals surface area contributed by atoms with Gasteiger partial charge in [0.2, 0.25) is 0 Å². The molecule has 0 spiro atoms. The predicted octanol–water partition coefficient (Wildman–Crippen LogP) is 0.679. The summed E-state index contributed by atoms with van der Waals surface area (Å²) in [5.74, 6) is -0.454. The monoisotopic (exact) mass is 216 g/mol. The Morgan fingerprint density at radius 1 is 0.938 bits per heavy atom. The minimum absolute atomic E-state index is 0.198. The van der Waals surface area contributed by atoms with Gasteiger partial charge in [0.25, 0.3) is 5.91 Å². The number of aldehydes is 1. The van der Waals surface area contributed by atoms with Crippen molar-refractivity contribution >= 4 is 24.3 Å². The largest absolute Gasteiger partial charge is 0.326 e. The van der Waals surface area contributed by atoms with Crippen molar-refractivity contribution in [2.24, 2.45) is 0 Å². The lowest BCUT2D eigenvalue weighted by molar-refractivity contribution is -0.115. The third-order valence-electron chi connectivity index (χ3n) is 2.10. The molecule has 3 amide bonds. The lowest BCUT2D eigenvalue weighted by atomic mass is 10.1. The van der Waals surface area contributed by atoms with Gasteiger partial charge in [-0.05, 0) is 11.6 Å². The summed E-state index contributed by atoms with van der Waals surface area (Å²) in [6.07, 6.45) is 2.27. The minimum Gasteiger partial charge on any atom is -0.303 e. The summed E-state index contributed by atoms with van der Waals surface area (Å²) in [6.45, 7) is 0. The molecular formula is C11H8N2O3. The maximum Gasteiger partial charge on any atom is 0.326 e. The van der Waals surface area contributed by atoms with Crippen LogP contribution in [0.15, 0.2) is 30.0 Å². The molecule has 1 aromatic carbocycles. The van der Waals surface area contributed by atoms with E-state index < -0.39 is 11.9 Å². The van der Waals surface area contributed by atoms with Crippen molar-refractivity contribution in [1.29, 1.82) is 0 Å². The van der Waals surface area contributed by atoms with Gasteiger partial charge in [0.1, 0.15) is 12.0 Å². The third-order valence-corrected chi connectivity index (χ3v) is 2.10. The molecule has 0 aromatic heterocycles. The van der Waals surface area contributed by atoms with Crippen LogP contribution in [-0.2, 0) is 4.79 Å². The normalized spacial score (nSPS) is 17.1. The molecule has 2 rings (SSSR count). The molecule has 1 aliphatic rings. The average Bonchev–Trinajstić information content (AvgIpc) is 2.59. The molecule has 0 saturated carbocycles. The quantitative estimate of drug-likeness (QED) is 0.433. The molecule has 1 aromatic rings. The summed E-state index contributed by atoms with van der Waals surface area (Å²) in [5, 5.41) is 4.47. The zero-order valence-electron chi connectivity index (χ0n) is 8.19. The zero-order chi connectivity index (χ0) is 11.5. The van der Waals surface area contributed by atoms with E-state index in [-0.39, 0.29) is 5.70 Å². The first-order valence-corrected chi connectivity index (χ1v) is 4.58. The summed E-state index contributed by atoms with van der Waals surface area (Å²) in [4.78, 5) is 32.4. The Morgan fingerprint density at radius 3 is 2.06 bits per heavy atom. The highest BCUT2D eigenvalue weighted by molar-refractivity contribution is 6.13. The van der Waals surface area contributed by atoms with Crippen LogP contribution in [0.25, 0.3) is 6.08 Å². The van der Waals surface area contributed by atoms with Crippen LogP contribution >= 0.6 is 0 Å². The molecule has 0 aliphatic carbocycles. The highest BCUT2D eigenvalue weighted by Gasteiger charge is 2.22. The maximum absolute atomic E-state index is 11.2. The Labute approximate surface area is 91.1 Å². The van der Waals surface area contributed by atoms with Gasteiger partial charge in [-0.2, -0.15) is 0 Å². The molecule has 0 atom stereocenters. The second kappa shape index (κ2) is 3.98. The topological polar surface area (TPSA) is 75.3 Å². The lowest BCUT2D eigenvalue weighted by Gasteiger charge is -1.96. The predicted molar refractivity (Wildman–Crippen MR) is 56.5 cm³/mol. The van der Waals surface area contributed by atoms with E-state index in [9.17, 15) is 14.4 Å². The first kappa shape index (κ1) is 10.1. The number of carbonyl (C=O) groups excluding carboxylic acids is 3. The first-order chi connectivity index (χ1) is 7.69. The fourth-order valence-corrected chi connectivity index (χ4v) is 1.32. The van der Waals surface area contributed by atoms with Crippen LogP contribution in [0, 0.1) is 0 Å². The Balaban J connectivity index is 2.25. The number of hydrogen-bond acceptors (Lipinski definition) is 3. The molecule has 1 fully saturated rings. The smallest absolute Gasteiger partial charge is 0.303 e. The highest BCUT2D eigenvalue weighted by Crippen LogP contribution is 2.09. The number of nitrogens with one attached hydrogen (secondary N) is 2. The Kier molecular flexibility index (Phi) is 2.51. The fourth-order valence-electron chi connectivity index (χ4n) is 1.32. The minimum atomic E-state index is -0.527. The van der Waals surface area contributed by atoms with Crippen LogP contribution in [0.5, 0.6) is 0 Å². The van der Waals surface area contributed by atoms with Gasteiger partial charge in [0.15, 0.2) is 0 Å². The van der Waals surface area contributed by atoms with Crippen LogP contribution in [-0.4, -0.2) is 18.2 Å². The molecule has 16 heavy (non-hydrogen) atoms. The molecule has 1 aliphatic heterocycles. The lowest BCUT2D eigenvalue weighted by Crippen LogP contribution is -2.22. The van der Waals surface area contributed by atoms with Crippen molar-refractivity contribution in [2.75, 3.05) is 0 Å². The molecule has 0 unspecified atom stereocenters.